The third kappa shape index (κ3) is 2.38. The van der Waals surface area contributed by atoms with E-state index in [1.54, 1.807) is 0 Å². The monoisotopic (exact) mass is 248 g/mol. The fourth-order valence-corrected chi connectivity index (χ4v) is 2.79. The first-order valence-electron chi connectivity index (χ1n) is 6.68. The second kappa shape index (κ2) is 5.29. The lowest BCUT2D eigenvalue weighted by atomic mass is 10.0. The highest BCUT2D eigenvalue weighted by Gasteiger charge is 2.29. The van der Waals surface area contributed by atoms with Crippen LogP contribution in [-0.2, 0) is 0 Å². The van der Waals surface area contributed by atoms with Gasteiger partial charge in [-0.1, -0.05) is 12.1 Å². The van der Waals surface area contributed by atoms with Crippen LogP contribution in [0.5, 0.6) is 0 Å². The zero-order chi connectivity index (χ0) is 13.3. The van der Waals surface area contributed by atoms with Gasteiger partial charge >= 0.3 is 0 Å². The highest BCUT2D eigenvalue weighted by atomic mass is 16.3. The number of anilines is 1. The van der Waals surface area contributed by atoms with E-state index < -0.39 is 0 Å². The summed E-state index contributed by atoms with van der Waals surface area (Å²) in [6.45, 7) is 8.72. The van der Waals surface area contributed by atoms with Crippen LogP contribution < -0.4 is 4.90 Å². The van der Waals surface area contributed by atoms with Gasteiger partial charge in [0.1, 0.15) is 0 Å². The first-order chi connectivity index (χ1) is 8.54. The maximum absolute atomic E-state index is 9.47. The summed E-state index contributed by atoms with van der Waals surface area (Å²) in [6, 6.07) is 7.19. The van der Waals surface area contributed by atoms with Crippen LogP contribution in [0.25, 0.3) is 0 Å². The summed E-state index contributed by atoms with van der Waals surface area (Å²) in [6.07, 6.45) is 0. The van der Waals surface area contributed by atoms with Crippen molar-refractivity contribution in [3.63, 3.8) is 0 Å². The second-order valence-corrected chi connectivity index (χ2v) is 5.50. The van der Waals surface area contributed by atoms with Gasteiger partial charge in [-0.2, -0.15) is 0 Å². The minimum Gasteiger partial charge on any atom is -0.395 e. The predicted molar refractivity (Wildman–Crippen MR) is 76.2 cm³/mol. The molecule has 1 aromatic carbocycles. The number of rotatable bonds is 2. The lowest BCUT2D eigenvalue weighted by molar-refractivity contribution is 0.121. The zero-order valence-electron chi connectivity index (χ0n) is 11.8. The Morgan fingerprint density at radius 1 is 1.28 bits per heavy atom. The van der Waals surface area contributed by atoms with E-state index in [9.17, 15) is 5.11 Å². The molecule has 2 unspecified atom stereocenters. The van der Waals surface area contributed by atoms with Crippen LogP contribution in [0.3, 0.4) is 0 Å². The van der Waals surface area contributed by atoms with Crippen molar-refractivity contribution in [3.8, 4) is 0 Å². The van der Waals surface area contributed by atoms with Crippen LogP contribution in [-0.4, -0.2) is 48.8 Å². The van der Waals surface area contributed by atoms with Gasteiger partial charge in [0.05, 0.1) is 12.6 Å². The Morgan fingerprint density at radius 2 is 2.00 bits per heavy atom. The van der Waals surface area contributed by atoms with E-state index >= 15 is 0 Å². The van der Waals surface area contributed by atoms with Crippen LogP contribution in [0.1, 0.15) is 18.1 Å². The lowest BCUT2D eigenvalue weighted by Crippen LogP contribution is -2.57. The number of aliphatic hydroxyl groups is 1. The molecule has 1 aliphatic rings. The largest absolute Gasteiger partial charge is 0.395 e. The van der Waals surface area contributed by atoms with E-state index in [4.69, 9.17) is 0 Å². The first-order valence-corrected chi connectivity index (χ1v) is 6.68. The fraction of sp³-hybridized carbons (Fsp3) is 0.600. The van der Waals surface area contributed by atoms with Crippen LogP contribution in [0.2, 0.25) is 0 Å². The zero-order valence-corrected chi connectivity index (χ0v) is 11.8. The van der Waals surface area contributed by atoms with Gasteiger partial charge in [0.15, 0.2) is 0 Å². The Morgan fingerprint density at radius 3 is 2.67 bits per heavy atom. The molecule has 1 N–H and O–H groups in total. The van der Waals surface area contributed by atoms with Crippen molar-refractivity contribution in [2.24, 2.45) is 0 Å². The molecule has 1 saturated heterocycles. The molecule has 1 aliphatic heterocycles. The summed E-state index contributed by atoms with van der Waals surface area (Å²) in [5.41, 5.74) is 4.00. The van der Waals surface area contributed by atoms with Gasteiger partial charge in [0.2, 0.25) is 0 Å². The minimum atomic E-state index is 0.227. The van der Waals surface area contributed by atoms with Crippen molar-refractivity contribution in [2.75, 3.05) is 31.6 Å². The van der Waals surface area contributed by atoms with E-state index in [0.717, 1.165) is 13.1 Å². The molecule has 0 radical (unpaired) electrons. The molecule has 3 nitrogen and oxygen atoms in total. The number of benzene rings is 1. The fourth-order valence-electron chi connectivity index (χ4n) is 2.79. The Kier molecular flexibility index (Phi) is 3.93. The molecule has 0 saturated carbocycles. The third-order valence-electron chi connectivity index (χ3n) is 4.21. The minimum absolute atomic E-state index is 0.227. The number of aliphatic hydroxyl groups excluding tert-OH is 1. The third-order valence-corrected chi connectivity index (χ3v) is 4.21. The van der Waals surface area contributed by atoms with Gasteiger partial charge in [-0.05, 0) is 45.0 Å². The lowest BCUT2D eigenvalue weighted by Gasteiger charge is -2.45. The summed E-state index contributed by atoms with van der Waals surface area (Å²) in [5, 5.41) is 9.47. The van der Waals surface area contributed by atoms with Crippen LogP contribution in [0, 0.1) is 13.8 Å². The summed E-state index contributed by atoms with van der Waals surface area (Å²) in [4.78, 5) is 4.69. The molecule has 2 rings (SSSR count). The summed E-state index contributed by atoms with van der Waals surface area (Å²) < 4.78 is 0. The van der Waals surface area contributed by atoms with Crippen molar-refractivity contribution >= 4 is 5.69 Å². The Labute approximate surface area is 110 Å². The molecule has 2 atom stereocenters. The molecule has 0 aliphatic carbocycles. The molecule has 100 valence electrons. The Bertz CT molecular complexity index is 419. The average Bonchev–Trinajstić information content (AvgIpc) is 2.34. The molecule has 0 bridgehead atoms. The molecule has 3 heteroatoms. The van der Waals surface area contributed by atoms with Gasteiger partial charge in [-0.3, -0.25) is 4.90 Å². The standard InChI is InChI=1S/C15H24N2O/c1-11-6-5-7-15(13(11)3)17-9-14(10-18)16(4)8-12(17)2/h5-7,12,14,18H,8-10H2,1-4H3. The number of nitrogens with zero attached hydrogens (tertiary/aromatic N) is 2. The quantitative estimate of drug-likeness (QED) is 0.864. The molecule has 18 heavy (non-hydrogen) atoms. The molecule has 0 aromatic heterocycles. The number of aryl methyl sites for hydroxylation is 1. The summed E-state index contributed by atoms with van der Waals surface area (Å²) >= 11 is 0. The van der Waals surface area contributed by atoms with Crippen molar-refractivity contribution in [1.29, 1.82) is 0 Å². The smallest absolute Gasteiger partial charge is 0.0604 e. The molecule has 1 aromatic rings. The van der Waals surface area contributed by atoms with Crippen LogP contribution in [0.15, 0.2) is 18.2 Å². The Balaban J connectivity index is 2.29. The van der Waals surface area contributed by atoms with Crippen molar-refractivity contribution < 1.29 is 5.11 Å². The summed E-state index contributed by atoms with van der Waals surface area (Å²) in [5.74, 6) is 0. The maximum Gasteiger partial charge on any atom is 0.0604 e. The highest BCUT2D eigenvalue weighted by Crippen LogP contribution is 2.27. The van der Waals surface area contributed by atoms with Gasteiger partial charge < -0.3 is 10.0 Å². The van der Waals surface area contributed by atoms with Gasteiger partial charge in [0, 0.05) is 24.8 Å². The van der Waals surface area contributed by atoms with Crippen molar-refractivity contribution in [3.05, 3.63) is 29.3 Å². The number of piperazine rings is 1. The Hall–Kier alpha value is -1.06. The van der Waals surface area contributed by atoms with Crippen LogP contribution >= 0.6 is 0 Å². The number of likely N-dealkylation sites (N-methyl/N-ethyl adjacent to an activating group) is 1. The van der Waals surface area contributed by atoms with E-state index in [1.807, 2.05) is 0 Å². The number of hydrogen-bond donors (Lipinski definition) is 1. The first kappa shape index (κ1) is 13.4. The molecule has 0 amide bonds. The SMILES string of the molecule is Cc1cccc(N2CC(CO)N(C)CC2C)c1C. The van der Waals surface area contributed by atoms with E-state index in [2.05, 4.69) is 55.8 Å². The normalized spacial score (nSPS) is 25.5. The van der Waals surface area contributed by atoms with Crippen molar-refractivity contribution in [2.45, 2.75) is 32.9 Å². The summed E-state index contributed by atoms with van der Waals surface area (Å²) in [7, 11) is 2.10. The second-order valence-electron chi connectivity index (χ2n) is 5.50. The molecular formula is C15H24N2O. The van der Waals surface area contributed by atoms with Gasteiger partial charge in [0.25, 0.3) is 0 Å². The molecule has 1 heterocycles. The topological polar surface area (TPSA) is 26.7 Å². The van der Waals surface area contributed by atoms with Crippen LogP contribution in [0.4, 0.5) is 5.69 Å². The molecular weight excluding hydrogens is 224 g/mol. The van der Waals surface area contributed by atoms with Gasteiger partial charge in [-0.25, -0.2) is 0 Å². The van der Waals surface area contributed by atoms with E-state index in [1.165, 1.54) is 16.8 Å². The highest BCUT2D eigenvalue weighted by molar-refractivity contribution is 5.57. The average molecular weight is 248 g/mol. The number of hydrogen-bond acceptors (Lipinski definition) is 3. The maximum atomic E-state index is 9.47. The van der Waals surface area contributed by atoms with Gasteiger partial charge in [-0.15, -0.1) is 0 Å². The van der Waals surface area contributed by atoms with Crippen molar-refractivity contribution in [1.82, 2.24) is 4.90 Å². The van der Waals surface area contributed by atoms with E-state index in [0.29, 0.717) is 6.04 Å². The molecule has 1 fully saturated rings. The van der Waals surface area contributed by atoms with E-state index in [-0.39, 0.29) is 12.6 Å². The predicted octanol–water partition coefficient (Wildman–Crippen LogP) is 1.80. The molecule has 0 spiro atoms.